The Morgan fingerprint density at radius 3 is 2.59 bits per heavy atom. The smallest absolute Gasteiger partial charge is 0.260 e. The number of alkyl halides is 1. The molecule has 0 N–H and O–H groups in total. The van der Waals surface area contributed by atoms with E-state index in [1.807, 2.05) is 0 Å². The largest absolute Gasteiger partial charge is 0.378 e. The van der Waals surface area contributed by atoms with Crippen LogP contribution in [0.3, 0.4) is 0 Å². The molecule has 2 fully saturated rings. The number of carbonyl (C=O) groups is 1. The van der Waals surface area contributed by atoms with Crippen LogP contribution in [-0.4, -0.2) is 60.8 Å². The Balaban J connectivity index is 1.55. The number of nitrogens with zero attached hydrogens (tertiary/aromatic N) is 2. The van der Waals surface area contributed by atoms with Crippen molar-refractivity contribution in [3.63, 3.8) is 0 Å². The van der Waals surface area contributed by atoms with Gasteiger partial charge in [-0.25, -0.2) is 4.39 Å². The molecule has 2 aliphatic rings. The summed E-state index contributed by atoms with van der Waals surface area (Å²) in [6.45, 7) is 6.33. The summed E-state index contributed by atoms with van der Waals surface area (Å²) >= 11 is 1.75. The quantitative estimate of drug-likeness (QED) is 0.854. The fourth-order valence-corrected chi connectivity index (χ4v) is 4.05. The molecule has 0 spiro atoms. The summed E-state index contributed by atoms with van der Waals surface area (Å²) in [5.41, 5.74) is -0.385. The van der Waals surface area contributed by atoms with Crippen molar-refractivity contribution in [3.05, 3.63) is 21.9 Å². The normalized spacial score (nSPS) is 22.7. The van der Waals surface area contributed by atoms with Crippen LogP contribution in [0.4, 0.5) is 4.39 Å². The summed E-state index contributed by atoms with van der Waals surface area (Å²) in [6.07, 6.45) is 0.598. The van der Waals surface area contributed by atoms with Gasteiger partial charge in [0.05, 0.1) is 13.2 Å². The number of carbonyl (C=O) groups excluding carboxylic acids is 1. The molecule has 0 saturated carbocycles. The molecule has 1 aromatic rings. The predicted molar refractivity (Wildman–Crippen MR) is 84.8 cm³/mol. The van der Waals surface area contributed by atoms with E-state index in [0.29, 0.717) is 52.2 Å². The number of aryl methyl sites for hydroxylation is 1. The molecule has 0 atom stereocenters. The Labute approximate surface area is 134 Å². The van der Waals surface area contributed by atoms with Crippen LogP contribution in [0.2, 0.25) is 0 Å². The number of ether oxygens (including phenoxy) is 1. The van der Waals surface area contributed by atoms with Crippen LogP contribution in [0.15, 0.2) is 11.4 Å². The topological polar surface area (TPSA) is 32.8 Å². The summed E-state index contributed by atoms with van der Waals surface area (Å²) in [6, 6.07) is 2.12. The number of hydrogen-bond acceptors (Lipinski definition) is 4. The van der Waals surface area contributed by atoms with E-state index in [1.54, 1.807) is 16.2 Å². The molecule has 3 heterocycles. The minimum Gasteiger partial charge on any atom is -0.378 e. The van der Waals surface area contributed by atoms with E-state index < -0.39 is 5.67 Å². The summed E-state index contributed by atoms with van der Waals surface area (Å²) in [5.74, 6) is -0.331. The first-order chi connectivity index (χ1) is 10.6. The van der Waals surface area contributed by atoms with Gasteiger partial charge in [0.25, 0.3) is 5.91 Å². The lowest BCUT2D eigenvalue weighted by molar-refractivity contribution is -0.151. The van der Waals surface area contributed by atoms with E-state index in [0.717, 1.165) is 6.54 Å². The van der Waals surface area contributed by atoms with Gasteiger partial charge in [0, 0.05) is 50.4 Å². The summed E-state index contributed by atoms with van der Waals surface area (Å²) in [4.78, 5) is 17.7. The van der Waals surface area contributed by atoms with Crippen LogP contribution in [0.5, 0.6) is 0 Å². The minimum atomic E-state index is -1.68. The number of morpholine rings is 1. The first-order valence-corrected chi connectivity index (χ1v) is 8.78. The number of amides is 1. The molecule has 0 radical (unpaired) electrons. The number of halogens is 1. The Morgan fingerprint density at radius 1 is 1.32 bits per heavy atom. The van der Waals surface area contributed by atoms with Crippen molar-refractivity contribution in [3.8, 4) is 0 Å². The van der Waals surface area contributed by atoms with E-state index >= 15 is 4.39 Å². The molecule has 1 aromatic heterocycles. The van der Waals surface area contributed by atoms with Gasteiger partial charge in [0.15, 0.2) is 5.67 Å². The summed E-state index contributed by atoms with van der Waals surface area (Å²) < 4.78 is 20.3. The summed E-state index contributed by atoms with van der Waals surface area (Å²) in [7, 11) is 0. The van der Waals surface area contributed by atoms with Crippen LogP contribution in [0, 0.1) is 6.92 Å². The molecular formula is C16H23FN2O2S. The van der Waals surface area contributed by atoms with Crippen molar-refractivity contribution < 1.29 is 13.9 Å². The van der Waals surface area contributed by atoms with Gasteiger partial charge in [-0.1, -0.05) is 0 Å². The first kappa shape index (κ1) is 15.9. The van der Waals surface area contributed by atoms with Crippen LogP contribution < -0.4 is 0 Å². The van der Waals surface area contributed by atoms with Gasteiger partial charge in [-0.3, -0.25) is 9.69 Å². The Morgan fingerprint density at radius 2 is 2.00 bits per heavy atom. The molecule has 1 amide bonds. The highest BCUT2D eigenvalue weighted by Crippen LogP contribution is 2.30. The van der Waals surface area contributed by atoms with E-state index in [1.165, 1.54) is 10.4 Å². The number of piperidine rings is 1. The molecule has 2 aliphatic heterocycles. The molecular weight excluding hydrogens is 303 g/mol. The Kier molecular flexibility index (Phi) is 4.80. The molecule has 6 heteroatoms. The summed E-state index contributed by atoms with van der Waals surface area (Å²) in [5, 5.41) is 2.09. The number of rotatable bonds is 3. The lowest BCUT2D eigenvalue weighted by Crippen LogP contribution is -2.54. The minimum absolute atomic E-state index is 0.299. The lowest BCUT2D eigenvalue weighted by atomic mass is 9.91. The molecule has 0 unspecified atom stereocenters. The van der Waals surface area contributed by atoms with Crippen LogP contribution in [-0.2, 0) is 16.1 Å². The standard InChI is InChI=1S/C16H23FN2O2S/c1-13-2-11-22-14(13)12-18-5-3-16(17,4-6-18)15(20)19-7-9-21-10-8-19/h2,11H,3-10,12H2,1H3. The van der Waals surface area contributed by atoms with Gasteiger partial charge >= 0.3 is 0 Å². The van der Waals surface area contributed by atoms with Crippen molar-refractivity contribution in [2.75, 3.05) is 39.4 Å². The number of thiophene rings is 1. The maximum absolute atomic E-state index is 15.0. The van der Waals surface area contributed by atoms with Crippen molar-refractivity contribution in [2.45, 2.75) is 32.0 Å². The molecule has 4 nitrogen and oxygen atoms in total. The van der Waals surface area contributed by atoms with Gasteiger partial charge < -0.3 is 9.64 Å². The maximum Gasteiger partial charge on any atom is 0.260 e. The molecule has 0 bridgehead atoms. The maximum atomic E-state index is 15.0. The first-order valence-electron chi connectivity index (χ1n) is 7.90. The second-order valence-electron chi connectivity index (χ2n) is 6.17. The van der Waals surface area contributed by atoms with Gasteiger partial charge in [0.1, 0.15) is 0 Å². The van der Waals surface area contributed by atoms with Crippen LogP contribution >= 0.6 is 11.3 Å². The zero-order valence-electron chi connectivity index (χ0n) is 13.0. The van der Waals surface area contributed by atoms with E-state index in [4.69, 9.17) is 4.74 Å². The molecule has 22 heavy (non-hydrogen) atoms. The third-order valence-electron chi connectivity index (χ3n) is 4.67. The highest BCUT2D eigenvalue weighted by Gasteiger charge is 2.44. The second kappa shape index (κ2) is 6.64. The zero-order valence-corrected chi connectivity index (χ0v) is 13.8. The SMILES string of the molecule is Cc1ccsc1CN1CCC(F)(C(=O)N2CCOCC2)CC1. The molecule has 122 valence electrons. The number of likely N-dealkylation sites (tertiary alicyclic amines) is 1. The van der Waals surface area contributed by atoms with Gasteiger partial charge in [-0.15, -0.1) is 11.3 Å². The number of hydrogen-bond donors (Lipinski definition) is 0. The van der Waals surface area contributed by atoms with Crippen molar-refractivity contribution in [1.82, 2.24) is 9.80 Å². The highest BCUT2D eigenvalue weighted by atomic mass is 32.1. The second-order valence-corrected chi connectivity index (χ2v) is 7.17. The molecule has 3 rings (SSSR count). The van der Waals surface area contributed by atoms with Crippen LogP contribution in [0.1, 0.15) is 23.3 Å². The fourth-order valence-electron chi connectivity index (χ4n) is 3.10. The monoisotopic (exact) mass is 326 g/mol. The van der Waals surface area contributed by atoms with E-state index in [2.05, 4.69) is 23.3 Å². The predicted octanol–water partition coefficient (Wildman–Crippen LogP) is 2.22. The Bertz CT molecular complexity index is 520. The third-order valence-corrected chi connectivity index (χ3v) is 5.67. The van der Waals surface area contributed by atoms with Gasteiger partial charge in [0.2, 0.25) is 0 Å². The Hall–Kier alpha value is -0.980. The van der Waals surface area contributed by atoms with E-state index in [9.17, 15) is 4.79 Å². The fraction of sp³-hybridized carbons (Fsp3) is 0.688. The molecule has 2 saturated heterocycles. The van der Waals surface area contributed by atoms with Crippen molar-refractivity contribution in [2.24, 2.45) is 0 Å². The van der Waals surface area contributed by atoms with Crippen LogP contribution in [0.25, 0.3) is 0 Å². The average molecular weight is 326 g/mol. The molecule has 0 aromatic carbocycles. The van der Waals surface area contributed by atoms with Gasteiger partial charge in [-0.05, 0) is 23.9 Å². The van der Waals surface area contributed by atoms with Gasteiger partial charge in [-0.2, -0.15) is 0 Å². The van der Waals surface area contributed by atoms with Crippen molar-refractivity contribution in [1.29, 1.82) is 0 Å². The van der Waals surface area contributed by atoms with Crippen molar-refractivity contribution >= 4 is 17.2 Å². The average Bonchev–Trinajstić information content (AvgIpc) is 2.95. The molecule has 0 aliphatic carbocycles. The highest BCUT2D eigenvalue weighted by molar-refractivity contribution is 7.10. The lowest BCUT2D eigenvalue weighted by Gasteiger charge is -2.39. The zero-order chi connectivity index (χ0) is 15.6. The third kappa shape index (κ3) is 3.34. The van der Waals surface area contributed by atoms with E-state index in [-0.39, 0.29) is 5.91 Å².